The van der Waals surface area contributed by atoms with Gasteiger partial charge in [-0.3, -0.25) is 0 Å². The maximum Gasteiger partial charge on any atom is 0.134 e. The highest BCUT2D eigenvalue weighted by Gasteiger charge is 2.08. The Morgan fingerprint density at radius 2 is 1.43 bits per heavy atom. The first-order valence-corrected chi connectivity index (χ1v) is 7.44. The molecular weight excluding hydrogens is 258 g/mol. The summed E-state index contributed by atoms with van der Waals surface area (Å²) < 4.78 is 6.16. The maximum atomic E-state index is 6.16. The van der Waals surface area contributed by atoms with Crippen molar-refractivity contribution in [3.63, 3.8) is 0 Å². The van der Waals surface area contributed by atoms with Gasteiger partial charge in [-0.25, -0.2) is 0 Å². The van der Waals surface area contributed by atoms with E-state index in [9.17, 15) is 0 Å². The van der Waals surface area contributed by atoms with Crippen molar-refractivity contribution >= 4 is 21.5 Å². The molecule has 0 spiro atoms. The van der Waals surface area contributed by atoms with E-state index < -0.39 is 0 Å². The van der Waals surface area contributed by atoms with E-state index in [1.807, 2.05) is 0 Å². The van der Waals surface area contributed by atoms with Gasteiger partial charge in [-0.05, 0) is 37.4 Å². The molecule has 0 aliphatic rings. The Balaban J connectivity index is 1.99. The first kappa shape index (κ1) is 13.9. The largest absolute Gasteiger partial charge is 0.492 e. The average molecular weight is 279 g/mol. The molecule has 3 rings (SSSR count). The molecule has 0 radical (unpaired) electrons. The third kappa shape index (κ3) is 3.01. The zero-order valence-corrected chi connectivity index (χ0v) is 12.7. The zero-order valence-electron chi connectivity index (χ0n) is 12.7. The Bertz CT molecular complexity index is 695. The molecule has 2 heteroatoms. The number of hydrogen-bond acceptors (Lipinski definition) is 2. The lowest BCUT2D eigenvalue weighted by Crippen LogP contribution is -2.15. The summed E-state index contributed by atoms with van der Waals surface area (Å²) in [6, 6.07) is 19.1. The van der Waals surface area contributed by atoms with E-state index in [2.05, 4.69) is 73.6 Å². The number of ether oxygens (including phenoxy) is 1. The summed E-state index contributed by atoms with van der Waals surface area (Å²) >= 11 is 0. The molecule has 0 aliphatic carbocycles. The standard InChI is InChI=1S/C19H21NO/c1-20(2)12-7-13-21-19-17-10-5-3-8-15(17)14-16-9-4-6-11-18(16)19/h3-6,8-11,14H,7,12-13H2,1-2H3. The molecule has 0 amide bonds. The van der Waals surface area contributed by atoms with Gasteiger partial charge in [0.2, 0.25) is 0 Å². The van der Waals surface area contributed by atoms with Crippen molar-refractivity contribution < 1.29 is 4.74 Å². The third-order valence-corrected chi connectivity index (χ3v) is 3.72. The normalized spacial score (nSPS) is 11.4. The van der Waals surface area contributed by atoms with Crippen LogP contribution < -0.4 is 4.74 Å². The molecule has 0 aromatic heterocycles. The van der Waals surface area contributed by atoms with Crippen molar-refractivity contribution in [3.8, 4) is 5.75 Å². The van der Waals surface area contributed by atoms with Gasteiger partial charge in [0.25, 0.3) is 0 Å². The molecule has 0 N–H and O–H groups in total. The van der Waals surface area contributed by atoms with E-state index in [1.54, 1.807) is 0 Å². The van der Waals surface area contributed by atoms with Crippen LogP contribution in [0.3, 0.4) is 0 Å². The highest BCUT2D eigenvalue weighted by atomic mass is 16.5. The molecule has 0 saturated heterocycles. The second-order valence-electron chi connectivity index (χ2n) is 5.65. The van der Waals surface area contributed by atoms with Crippen molar-refractivity contribution in [3.05, 3.63) is 54.6 Å². The van der Waals surface area contributed by atoms with E-state index >= 15 is 0 Å². The summed E-state index contributed by atoms with van der Waals surface area (Å²) in [5.74, 6) is 1.02. The number of fused-ring (bicyclic) bond motifs is 2. The quantitative estimate of drug-likeness (QED) is 0.509. The van der Waals surface area contributed by atoms with Crippen molar-refractivity contribution in [2.24, 2.45) is 0 Å². The van der Waals surface area contributed by atoms with E-state index in [0.29, 0.717) is 0 Å². The van der Waals surface area contributed by atoms with Crippen LogP contribution in [0.25, 0.3) is 21.5 Å². The minimum Gasteiger partial charge on any atom is -0.492 e. The SMILES string of the molecule is CN(C)CCCOc1c2ccccc2cc2ccccc12. The summed E-state index contributed by atoms with van der Waals surface area (Å²) in [6.07, 6.45) is 1.03. The number of nitrogens with zero attached hydrogens (tertiary/aromatic N) is 1. The van der Waals surface area contributed by atoms with Gasteiger partial charge in [0.15, 0.2) is 0 Å². The van der Waals surface area contributed by atoms with Crippen LogP contribution in [0.2, 0.25) is 0 Å². The van der Waals surface area contributed by atoms with Gasteiger partial charge in [-0.1, -0.05) is 48.5 Å². The van der Waals surface area contributed by atoms with Crippen molar-refractivity contribution in [2.75, 3.05) is 27.2 Å². The Kier molecular flexibility index (Phi) is 4.07. The van der Waals surface area contributed by atoms with Gasteiger partial charge in [0.05, 0.1) is 6.61 Å². The van der Waals surface area contributed by atoms with Crippen LogP contribution in [0.5, 0.6) is 5.75 Å². The Hall–Kier alpha value is -2.06. The molecule has 0 saturated carbocycles. The summed E-state index contributed by atoms with van der Waals surface area (Å²) in [5, 5.41) is 4.86. The first-order chi connectivity index (χ1) is 10.3. The zero-order chi connectivity index (χ0) is 14.7. The van der Waals surface area contributed by atoms with E-state index in [4.69, 9.17) is 4.74 Å². The molecule has 2 nitrogen and oxygen atoms in total. The Morgan fingerprint density at radius 3 is 2.00 bits per heavy atom. The predicted molar refractivity (Wildman–Crippen MR) is 90.1 cm³/mol. The van der Waals surface area contributed by atoms with Crippen LogP contribution in [-0.2, 0) is 0 Å². The van der Waals surface area contributed by atoms with Gasteiger partial charge in [-0.2, -0.15) is 0 Å². The molecule has 0 heterocycles. The summed E-state index contributed by atoms with van der Waals surface area (Å²) in [7, 11) is 4.18. The minimum atomic E-state index is 0.746. The first-order valence-electron chi connectivity index (χ1n) is 7.44. The second-order valence-corrected chi connectivity index (χ2v) is 5.65. The molecule has 0 bridgehead atoms. The fourth-order valence-electron chi connectivity index (χ4n) is 2.68. The van der Waals surface area contributed by atoms with Crippen LogP contribution in [-0.4, -0.2) is 32.1 Å². The highest BCUT2D eigenvalue weighted by Crippen LogP contribution is 2.34. The molecule has 21 heavy (non-hydrogen) atoms. The lowest BCUT2D eigenvalue weighted by atomic mass is 10.0. The topological polar surface area (TPSA) is 12.5 Å². The molecule has 3 aromatic rings. The fraction of sp³-hybridized carbons (Fsp3) is 0.263. The van der Waals surface area contributed by atoms with Crippen LogP contribution in [0.15, 0.2) is 54.6 Å². The van der Waals surface area contributed by atoms with E-state index in [1.165, 1.54) is 21.5 Å². The van der Waals surface area contributed by atoms with Crippen molar-refractivity contribution in [2.45, 2.75) is 6.42 Å². The molecule has 108 valence electrons. The average Bonchev–Trinajstić information content (AvgIpc) is 2.50. The molecule has 0 atom stereocenters. The third-order valence-electron chi connectivity index (χ3n) is 3.72. The van der Waals surface area contributed by atoms with Crippen LogP contribution in [0.4, 0.5) is 0 Å². The molecular formula is C19H21NO. The van der Waals surface area contributed by atoms with Crippen LogP contribution in [0.1, 0.15) is 6.42 Å². The number of hydrogen-bond donors (Lipinski definition) is 0. The van der Waals surface area contributed by atoms with Gasteiger partial charge >= 0.3 is 0 Å². The lowest BCUT2D eigenvalue weighted by Gasteiger charge is -2.14. The Labute approximate surface area is 125 Å². The number of benzene rings is 3. The fourth-order valence-corrected chi connectivity index (χ4v) is 2.68. The van der Waals surface area contributed by atoms with Crippen LogP contribution in [0, 0.1) is 0 Å². The molecule has 0 aliphatic heterocycles. The van der Waals surface area contributed by atoms with Gasteiger partial charge in [0, 0.05) is 17.3 Å². The maximum absolute atomic E-state index is 6.16. The van der Waals surface area contributed by atoms with Gasteiger partial charge in [-0.15, -0.1) is 0 Å². The van der Waals surface area contributed by atoms with Crippen molar-refractivity contribution in [1.29, 1.82) is 0 Å². The number of rotatable bonds is 5. The molecule has 0 unspecified atom stereocenters. The molecule has 0 fully saturated rings. The van der Waals surface area contributed by atoms with Crippen LogP contribution >= 0.6 is 0 Å². The van der Waals surface area contributed by atoms with E-state index in [0.717, 1.165) is 25.3 Å². The summed E-state index contributed by atoms with van der Waals surface area (Å²) in [5.41, 5.74) is 0. The van der Waals surface area contributed by atoms with Crippen molar-refractivity contribution in [1.82, 2.24) is 4.90 Å². The monoisotopic (exact) mass is 279 g/mol. The smallest absolute Gasteiger partial charge is 0.134 e. The lowest BCUT2D eigenvalue weighted by molar-refractivity contribution is 0.286. The summed E-state index contributed by atoms with van der Waals surface area (Å²) in [6.45, 7) is 1.79. The minimum absolute atomic E-state index is 0.746. The second kappa shape index (κ2) is 6.15. The summed E-state index contributed by atoms with van der Waals surface area (Å²) in [4.78, 5) is 2.19. The Morgan fingerprint density at radius 1 is 0.857 bits per heavy atom. The molecule has 3 aromatic carbocycles. The highest BCUT2D eigenvalue weighted by molar-refractivity contribution is 6.05. The van der Waals surface area contributed by atoms with Gasteiger partial charge in [0.1, 0.15) is 5.75 Å². The predicted octanol–water partition coefficient (Wildman–Crippen LogP) is 4.32. The van der Waals surface area contributed by atoms with E-state index in [-0.39, 0.29) is 0 Å². The van der Waals surface area contributed by atoms with Gasteiger partial charge < -0.3 is 9.64 Å².